The molecule has 0 spiro atoms. The van der Waals surface area contributed by atoms with E-state index in [-0.39, 0.29) is 5.91 Å². The highest BCUT2D eigenvalue weighted by atomic mass is 16.5. The van der Waals surface area contributed by atoms with Crippen molar-refractivity contribution in [3.63, 3.8) is 0 Å². The Bertz CT molecular complexity index is 702. The second-order valence-electron chi connectivity index (χ2n) is 6.00. The number of hydrogen-bond donors (Lipinski definition) is 1. The van der Waals surface area contributed by atoms with Gasteiger partial charge in [0.15, 0.2) is 0 Å². The van der Waals surface area contributed by atoms with Crippen LogP contribution in [0.2, 0.25) is 0 Å². The zero-order valence-corrected chi connectivity index (χ0v) is 14.9. The molecule has 5 heteroatoms. The number of pyridine rings is 1. The summed E-state index contributed by atoms with van der Waals surface area (Å²) < 4.78 is 11.2. The van der Waals surface area contributed by atoms with E-state index in [2.05, 4.69) is 10.3 Å². The minimum absolute atomic E-state index is 0.131. The third-order valence-electron chi connectivity index (χ3n) is 4.03. The van der Waals surface area contributed by atoms with Gasteiger partial charge in [-0.15, -0.1) is 0 Å². The number of nitrogens with zero attached hydrogens (tertiary/aromatic N) is 1. The number of hydrogen-bond acceptors (Lipinski definition) is 4. The molecule has 1 N–H and O–H groups in total. The lowest BCUT2D eigenvalue weighted by molar-refractivity contribution is -0.140. The molecule has 0 aliphatic carbocycles. The molecule has 1 amide bonds. The molecular formula is C19H26N2O3. The molecule has 1 heterocycles. The maximum absolute atomic E-state index is 12.8. The lowest BCUT2D eigenvalue weighted by Crippen LogP contribution is -2.43. The molecule has 0 aliphatic rings. The van der Waals surface area contributed by atoms with Crippen LogP contribution in [-0.4, -0.2) is 30.2 Å². The Morgan fingerprint density at radius 1 is 1.25 bits per heavy atom. The lowest BCUT2D eigenvalue weighted by Gasteiger charge is -2.28. The number of nitrogens with one attached hydrogen (secondary N) is 1. The van der Waals surface area contributed by atoms with Gasteiger partial charge in [-0.3, -0.25) is 9.78 Å². The number of carbonyl (C=O) groups excluding carboxylic acids is 1. The molecule has 0 unspecified atom stereocenters. The molecule has 130 valence electrons. The molecule has 0 radical (unpaired) electrons. The van der Waals surface area contributed by atoms with Crippen molar-refractivity contribution in [3.8, 4) is 5.75 Å². The van der Waals surface area contributed by atoms with Crippen molar-refractivity contribution < 1.29 is 14.3 Å². The first kappa shape index (κ1) is 18.2. The highest BCUT2D eigenvalue weighted by Gasteiger charge is 2.33. The predicted octanol–water partition coefficient (Wildman–Crippen LogP) is 4.17. The second-order valence-corrected chi connectivity index (χ2v) is 6.00. The molecule has 1 atom stereocenters. The quantitative estimate of drug-likeness (QED) is 0.789. The van der Waals surface area contributed by atoms with Crippen LogP contribution in [0, 0.1) is 0 Å². The number of fused-ring (bicyclic) bond motifs is 1. The van der Waals surface area contributed by atoms with Crippen LogP contribution in [-0.2, 0) is 9.53 Å². The van der Waals surface area contributed by atoms with Crippen molar-refractivity contribution in [2.24, 2.45) is 0 Å². The van der Waals surface area contributed by atoms with E-state index in [4.69, 9.17) is 9.47 Å². The van der Waals surface area contributed by atoms with E-state index in [0.717, 1.165) is 23.7 Å². The molecule has 0 saturated carbocycles. The average molecular weight is 330 g/mol. The topological polar surface area (TPSA) is 60.5 Å². The van der Waals surface area contributed by atoms with Gasteiger partial charge in [0.25, 0.3) is 5.91 Å². The van der Waals surface area contributed by atoms with Crippen molar-refractivity contribution in [1.82, 2.24) is 4.98 Å². The van der Waals surface area contributed by atoms with E-state index in [1.54, 1.807) is 13.3 Å². The normalized spacial score (nSPS) is 13.5. The van der Waals surface area contributed by atoms with Crippen molar-refractivity contribution in [2.75, 3.05) is 19.0 Å². The average Bonchev–Trinajstić information content (AvgIpc) is 2.60. The largest absolute Gasteiger partial charge is 0.494 e. The van der Waals surface area contributed by atoms with Crippen LogP contribution in [0.4, 0.5) is 5.69 Å². The van der Waals surface area contributed by atoms with Crippen molar-refractivity contribution in [3.05, 3.63) is 30.5 Å². The Morgan fingerprint density at radius 2 is 2.04 bits per heavy atom. The van der Waals surface area contributed by atoms with Gasteiger partial charge in [-0.1, -0.05) is 20.3 Å². The number of anilines is 1. The third-order valence-corrected chi connectivity index (χ3v) is 4.03. The number of methoxy groups -OCH3 is 1. The SMILES string of the molecule is CCCO[C@](C)(CCC)C(=O)Nc1ccc(OC)c2ncccc12. The van der Waals surface area contributed by atoms with Gasteiger partial charge in [-0.05, 0) is 44.0 Å². The minimum atomic E-state index is -0.834. The molecule has 24 heavy (non-hydrogen) atoms. The monoisotopic (exact) mass is 330 g/mol. The van der Waals surface area contributed by atoms with Crippen molar-refractivity contribution >= 4 is 22.5 Å². The van der Waals surface area contributed by atoms with Gasteiger partial charge in [0, 0.05) is 18.2 Å². The van der Waals surface area contributed by atoms with Crippen LogP contribution in [0.1, 0.15) is 40.0 Å². The van der Waals surface area contributed by atoms with E-state index in [0.29, 0.717) is 24.5 Å². The zero-order valence-electron chi connectivity index (χ0n) is 14.9. The third kappa shape index (κ3) is 3.85. The Morgan fingerprint density at radius 3 is 2.71 bits per heavy atom. The fourth-order valence-corrected chi connectivity index (χ4v) is 2.73. The Labute approximate surface area is 143 Å². The molecule has 2 rings (SSSR count). The van der Waals surface area contributed by atoms with Crippen molar-refractivity contribution in [2.45, 2.75) is 45.6 Å². The van der Waals surface area contributed by atoms with Crippen LogP contribution in [0.25, 0.3) is 10.9 Å². The molecular weight excluding hydrogens is 304 g/mol. The fourth-order valence-electron chi connectivity index (χ4n) is 2.73. The van der Waals surface area contributed by atoms with Gasteiger partial charge >= 0.3 is 0 Å². The standard InChI is InChI=1S/C19H26N2O3/c1-5-11-19(3,24-13-6-2)18(22)21-15-9-10-16(23-4)17-14(15)8-7-12-20-17/h7-10,12H,5-6,11,13H2,1-4H3,(H,21,22)/t19-/m1/s1. The number of benzene rings is 1. The van der Waals surface area contributed by atoms with Gasteiger partial charge in [-0.2, -0.15) is 0 Å². The lowest BCUT2D eigenvalue weighted by atomic mass is 9.98. The molecule has 0 saturated heterocycles. The first-order chi connectivity index (χ1) is 11.6. The fraction of sp³-hybridized carbons (Fsp3) is 0.474. The van der Waals surface area contributed by atoms with E-state index < -0.39 is 5.60 Å². The number of ether oxygens (including phenoxy) is 2. The van der Waals surface area contributed by atoms with Crippen LogP contribution in [0.5, 0.6) is 5.75 Å². The first-order valence-electron chi connectivity index (χ1n) is 8.42. The summed E-state index contributed by atoms with van der Waals surface area (Å²) in [6, 6.07) is 7.42. The summed E-state index contributed by atoms with van der Waals surface area (Å²) in [5, 5.41) is 3.86. The highest BCUT2D eigenvalue weighted by molar-refractivity contribution is 6.05. The first-order valence-corrected chi connectivity index (χ1v) is 8.42. The summed E-state index contributed by atoms with van der Waals surface area (Å²) >= 11 is 0. The van der Waals surface area contributed by atoms with Gasteiger partial charge < -0.3 is 14.8 Å². The number of aromatic nitrogens is 1. The minimum Gasteiger partial charge on any atom is -0.494 e. The van der Waals surface area contributed by atoms with Gasteiger partial charge in [0.1, 0.15) is 16.9 Å². The summed E-state index contributed by atoms with van der Waals surface area (Å²) in [6.07, 6.45) is 4.13. The molecule has 1 aromatic carbocycles. The molecule has 1 aromatic heterocycles. The Hall–Kier alpha value is -2.14. The summed E-state index contributed by atoms with van der Waals surface area (Å²) in [7, 11) is 1.61. The Kier molecular flexibility index (Phi) is 6.15. The molecule has 0 bridgehead atoms. The smallest absolute Gasteiger partial charge is 0.256 e. The van der Waals surface area contributed by atoms with Crippen molar-refractivity contribution in [1.29, 1.82) is 0 Å². The van der Waals surface area contributed by atoms with Gasteiger partial charge in [0.2, 0.25) is 0 Å². The van der Waals surface area contributed by atoms with Crippen LogP contribution in [0.3, 0.4) is 0 Å². The summed E-state index contributed by atoms with van der Waals surface area (Å²) in [5.41, 5.74) is 0.606. The molecule has 2 aromatic rings. The van der Waals surface area contributed by atoms with E-state index in [1.165, 1.54) is 0 Å². The highest BCUT2D eigenvalue weighted by Crippen LogP contribution is 2.31. The van der Waals surface area contributed by atoms with E-state index >= 15 is 0 Å². The van der Waals surface area contributed by atoms with E-state index in [1.807, 2.05) is 45.0 Å². The summed E-state index contributed by atoms with van der Waals surface area (Å²) in [5.74, 6) is 0.551. The molecule has 0 fully saturated rings. The van der Waals surface area contributed by atoms with Crippen LogP contribution >= 0.6 is 0 Å². The molecule has 0 aliphatic heterocycles. The van der Waals surface area contributed by atoms with Gasteiger partial charge in [-0.25, -0.2) is 0 Å². The summed E-state index contributed by atoms with van der Waals surface area (Å²) in [4.78, 5) is 17.2. The maximum Gasteiger partial charge on any atom is 0.256 e. The number of amides is 1. The predicted molar refractivity (Wildman–Crippen MR) is 96.5 cm³/mol. The van der Waals surface area contributed by atoms with Gasteiger partial charge in [0.05, 0.1) is 12.8 Å². The number of carbonyl (C=O) groups is 1. The van der Waals surface area contributed by atoms with E-state index in [9.17, 15) is 4.79 Å². The number of rotatable bonds is 8. The maximum atomic E-state index is 12.8. The Balaban J connectivity index is 2.32. The molecule has 5 nitrogen and oxygen atoms in total. The van der Waals surface area contributed by atoms with Crippen LogP contribution in [0.15, 0.2) is 30.5 Å². The zero-order chi connectivity index (χ0) is 17.6. The van der Waals surface area contributed by atoms with Crippen LogP contribution < -0.4 is 10.1 Å². The second kappa shape index (κ2) is 8.11. The summed E-state index contributed by atoms with van der Waals surface area (Å²) in [6.45, 7) is 6.50.